The molecule has 0 heterocycles. The molecule has 4 N–H and O–H groups in total. The summed E-state index contributed by atoms with van der Waals surface area (Å²) in [6.45, 7) is -0.280. The number of nitrogens with one attached hydrogen (secondary N) is 2. The van der Waals surface area contributed by atoms with E-state index < -0.39 is 30.3 Å². The van der Waals surface area contributed by atoms with E-state index in [1.165, 1.54) is 7.11 Å². The van der Waals surface area contributed by atoms with E-state index in [-0.39, 0.29) is 6.54 Å². The number of carbonyl (C=O) groups is 3. The van der Waals surface area contributed by atoms with Crippen molar-refractivity contribution in [3.8, 4) is 5.75 Å². The van der Waals surface area contributed by atoms with Gasteiger partial charge in [-0.3, -0.25) is 9.59 Å². The normalized spacial score (nSPS) is 11.3. The van der Waals surface area contributed by atoms with Gasteiger partial charge in [-0.05, 0) is 12.1 Å². The highest BCUT2D eigenvalue weighted by Gasteiger charge is 2.21. The number of carboxylic acid groups (broad SMARTS) is 2. The van der Waals surface area contributed by atoms with Crippen LogP contribution in [-0.2, 0) is 9.59 Å². The van der Waals surface area contributed by atoms with Gasteiger partial charge in [0.05, 0.1) is 19.4 Å². The van der Waals surface area contributed by atoms with Crippen molar-refractivity contribution in [2.24, 2.45) is 5.92 Å². The first kappa shape index (κ1) is 16.3. The first-order valence-electron chi connectivity index (χ1n) is 6.06. The summed E-state index contributed by atoms with van der Waals surface area (Å²) in [5.74, 6) is -3.14. The van der Waals surface area contributed by atoms with Crippen molar-refractivity contribution in [1.82, 2.24) is 5.32 Å². The number of aliphatic carboxylic acids is 2. The summed E-state index contributed by atoms with van der Waals surface area (Å²) >= 11 is 0. The maximum Gasteiger partial charge on any atom is 0.319 e. The zero-order chi connectivity index (χ0) is 15.8. The van der Waals surface area contributed by atoms with Gasteiger partial charge in [0.2, 0.25) is 0 Å². The van der Waals surface area contributed by atoms with Crippen LogP contribution >= 0.6 is 0 Å². The van der Waals surface area contributed by atoms with Crippen molar-refractivity contribution in [1.29, 1.82) is 0 Å². The van der Waals surface area contributed by atoms with Crippen LogP contribution in [0.15, 0.2) is 24.3 Å². The van der Waals surface area contributed by atoms with Gasteiger partial charge in [0, 0.05) is 18.3 Å². The van der Waals surface area contributed by atoms with Gasteiger partial charge in [0.1, 0.15) is 5.75 Å². The quantitative estimate of drug-likeness (QED) is 0.594. The summed E-state index contributed by atoms with van der Waals surface area (Å²) < 4.78 is 5.00. The topological polar surface area (TPSA) is 125 Å². The number of anilines is 1. The molecule has 114 valence electrons. The van der Waals surface area contributed by atoms with Gasteiger partial charge in [-0.15, -0.1) is 0 Å². The minimum atomic E-state index is -1.28. The summed E-state index contributed by atoms with van der Waals surface area (Å²) in [4.78, 5) is 33.0. The summed E-state index contributed by atoms with van der Waals surface area (Å²) in [7, 11) is 1.49. The van der Waals surface area contributed by atoms with Crippen LogP contribution < -0.4 is 15.4 Å². The van der Waals surface area contributed by atoms with Crippen molar-refractivity contribution in [2.75, 3.05) is 19.0 Å². The van der Waals surface area contributed by atoms with Crippen LogP contribution in [-0.4, -0.2) is 41.8 Å². The molecule has 0 bridgehead atoms. The van der Waals surface area contributed by atoms with Crippen molar-refractivity contribution in [3.63, 3.8) is 0 Å². The first-order chi connectivity index (χ1) is 9.92. The number of carbonyl (C=O) groups excluding carboxylic acids is 1. The van der Waals surface area contributed by atoms with E-state index in [2.05, 4.69) is 10.6 Å². The fourth-order valence-corrected chi connectivity index (χ4v) is 1.55. The lowest BCUT2D eigenvalue weighted by Gasteiger charge is -2.12. The molecule has 0 spiro atoms. The molecule has 21 heavy (non-hydrogen) atoms. The lowest BCUT2D eigenvalue weighted by Crippen LogP contribution is -2.36. The van der Waals surface area contributed by atoms with E-state index in [4.69, 9.17) is 14.9 Å². The van der Waals surface area contributed by atoms with Crippen molar-refractivity contribution in [3.05, 3.63) is 24.3 Å². The molecular formula is C13H16N2O6. The van der Waals surface area contributed by atoms with E-state index in [1.807, 2.05) is 0 Å². The lowest BCUT2D eigenvalue weighted by molar-refractivity contribution is -0.148. The highest BCUT2D eigenvalue weighted by Crippen LogP contribution is 2.16. The summed E-state index contributed by atoms with van der Waals surface area (Å²) in [5.41, 5.74) is 0.469. The number of rotatable bonds is 7. The SMILES string of the molecule is COc1cccc(NC(=O)NCC(CC(=O)O)C(=O)O)c1. The molecule has 8 heteroatoms. The van der Waals surface area contributed by atoms with Crippen LogP contribution in [0.25, 0.3) is 0 Å². The molecule has 0 aliphatic carbocycles. The molecule has 0 saturated heterocycles. The van der Waals surface area contributed by atoms with Gasteiger partial charge in [-0.25, -0.2) is 4.79 Å². The Hall–Kier alpha value is -2.77. The molecule has 1 unspecified atom stereocenters. The van der Waals surface area contributed by atoms with Crippen LogP contribution in [0.1, 0.15) is 6.42 Å². The van der Waals surface area contributed by atoms with E-state index in [0.29, 0.717) is 11.4 Å². The average molecular weight is 296 g/mol. The average Bonchev–Trinajstić information content (AvgIpc) is 2.43. The number of carboxylic acids is 2. The number of urea groups is 1. The minimum Gasteiger partial charge on any atom is -0.497 e. The number of methoxy groups -OCH3 is 1. The zero-order valence-electron chi connectivity index (χ0n) is 11.3. The third-order valence-corrected chi connectivity index (χ3v) is 2.61. The molecule has 0 aromatic heterocycles. The Labute approximate surface area is 120 Å². The largest absolute Gasteiger partial charge is 0.497 e. The second-order valence-corrected chi connectivity index (χ2v) is 4.20. The molecule has 0 fully saturated rings. The Bertz CT molecular complexity index is 531. The molecule has 1 rings (SSSR count). The Morgan fingerprint density at radius 3 is 2.57 bits per heavy atom. The smallest absolute Gasteiger partial charge is 0.319 e. The van der Waals surface area contributed by atoms with E-state index >= 15 is 0 Å². The van der Waals surface area contributed by atoms with Crippen LogP contribution in [0.4, 0.5) is 10.5 Å². The lowest BCUT2D eigenvalue weighted by atomic mass is 10.1. The monoisotopic (exact) mass is 296 g/mol. The molecule has 1 atom stereocenters. The molecule has 0 saturated carbocycles. The van der Waals surface area contributed by atoms with Crippen molar-refractivity contribution >= 4 is 23.7 Å². The summed E-state index contributed by atoms with van der Waals surface area (Å²) in [5, 5.41) is 22.2. The van der Waals surface area contributed by atoms with Gasteiger partial charge in [-0.1, -0.05) is 6.07 Å². The van der Waals surface area contributed by atoms with Gasteiger partial charge in [-0.2, -0.15) is 0 Å². The molecule has 2 amide bonds. The third-order valence-electron chi connectivity index (χ3n) is 2.61. The fraction of sp³-hybridized carbons (Fsp3) is 0.308. The second-order valence-electron chi connectivity index (χ2n) is 4.20. The van der Waals surface area contributed by atoms with Crippen LogP contribution in [0.2, 0.25) is 0 Å². The molecule has 1 aromatic rings. The van der Waals surface area contributed by atoms with Crippen LogP contribution in [0, 0.1) is 5.92 Å². The third kappa shape index (κ3) is 5.81. The molecule has 8 nitrogen and oxygen atoms in total. The highest BCUT2D eigenvalue weighted by atomic mass is 16.5. The van der Waals surface area contributed by atoms with Crippen LogP contribution in [0.3, 0.4) is 0 Å². The van der Waals surface area contributed by atoms with Crippen LogP contribution in [0.5, 0.6) is 5.75 Å². The first-order valence-corrected chi connectivity index (χ1v) is 6.06. The molecule has 0 aliphatic rings. The molecule has 0 aliphatic heterocycles. The van der Waals surface area contributed by atoms with Gasteiger partial charge in [0.15, 0.2) is 0 Å². The molecule has 1 aromatic carbocycles. The highest BCUT2D eigenvalue weighted by molar-refractivity contribution is 5.90. The maximum absolute atomic E-state index is 11.6. The molecular weight excluding hydrogens is 280 g/mol. The van der Waals surface area contributed by atoms with Crippen molar-refractivity contribution < 1.29 is 29.3 Å². The summed E-state index contributed by atoms with van der Waals surface area (Å²) in [6, 6.07) is 5.98. The van der Waals surface area contributed by atoms with E-state index in [9.17, 15) is 14.4 Å². The summed E-state index contributed by atoms with van der Waals surface area (Å²) in [6.07, 6.45) is -0.561. The standard InChI is InChI=1S/C13H16N2O6/c1-21-10-4-2-3-9(6-10)15-13(20)14-7-8(12(18)19)5-11(16)17/h2-4,6,8H,5,7H2,1H3,(H,16,17)(H,18,19)(H2,14,15,20). The number of amides is 2. The van der Waals surface area contributed by atoms with Gasteiger partial charge in [0.25, 0.3) is 0 Å². The molecule has 0 radical (unpaired) electrons. The second kappa shape index (κ2) is 7.73. The maximum atomic E-state index is 11.6. The van der Waals surface area contributed by atoms with E-state index in [1.54, 1.807) is 24.3 Å². The van der Waals surface area contributed by atoms with E-state index in [0.717, 1.165) is 0 Å². The Balaban J connectivity index is 2.52. The number of ether oxygens (including phenoxy) is 1. The zero-order valence-corrected chi connectivity index (χ0v) is 11.3. The number of hydrogen-bond acceptors (Lipinski definition) is 4. The Kier molecular flexibility index (Phi) is 5.99. The fourth-order valence-electron chi connectivity index (χ4n) is 1.55. The van der Waals surface area contributed by atoms with Crippen molar-refractivity contribution in [2.45, 2.75) is 6.42 Å². The minimum absolute atomic E-state index is 0.280. The van der Waals surface area contributed by atoms with Gasteiger partial charge >= 0.3 is 18.0 Å². The predicted octanol–water partition coefficient (Wildman–Crippen LogP) is 0.992. The Morgan fingerprint density at radius 2 is 2.00 bits per heavy atom. The number of benzene rings is 1. The predicted molar refractivity (Wildman–Crippen MR) is 73.4 cm³/mol. The number of hydrogen-bond donors (Lipinski definition) is 4. The van der Waals surface area contributed by atoms with Gasteiger partial charge < -0.3 is 25.6 Å². The Morgan fingerprint density at radius 1 is 1.29 bits per heavy atom.